The molecule has 1 N–H and O–H groups in total. The molecule has 88 valence electrons. The molecule has 0 aliphatic heterocycles. The minimum Gasteiger partial charge on any atom is -0.481 e. The summed E-state index contributed by atoms with van der Waals surface area (Å²) < 4.78 is 5.30. The molecule has 0 spiro atoms. The van der Waals surface area contributed by atoms with Crippen molar-refractivity contribution in [3.8, 4) is 0 Å². The first-order valence-electron chi connectivity index (χ1n) is 5.58. The summed E-state index contributed by atoms with van der Waals surface area (Å²) in [5.74, 6) is -0.715. The molecule has 0 atom stereocenters. The lowest BCUT2D eigenvalue weighted by Crippen LogP contribution is -2.37. The van der Waals surface area contributed by atoms with Crippen molar-refractivity contribution in [2.45, 2.75) is 44.2 Å². The van der Waals surface area contributed by atoms with Crippen LogP contribution in [0.1, 0.15) is 32.1 Å². The number of hydrogen-bond acceptors (Lipinski definition) is 3. The summed E-state index contributed by atoms with van der Waals surface area (Å²) in [6.45, 7) is 0.650. The third kappa shape index (κ3) is 4.18. The monoisotopic (exact) mass is 215 g/mol. The van der Waals surface area contributed by atoms with Crippen molar-refractivity contribution in [1.29, 1.82) is 0 Å². The lowest BCUT2D eigenvalue weighted by atomic mass is 9.92. The van der Waals surface area contributed by atoms with Crippen LogP contribution in [-0.2, 0) is 9.53 Å². The number of ether oxygens (including phenoxy) is 1. The summed E-state index contributed by atoms with van der Waals surface area (Å²) in [6.07, 6.45) is 5.08. The van der Waals surface area contributed by atoms with Crippen molar-refractivity contribution < 1.29 is 14.6 Å². The van der Waals surface area contributed by atoms with Crippen molar-refractivity contribution in [3.63, 3.8) is 0 Å². The first-order chi connectivity index (χ1) is 7.13. The van der Waals surface area contributed by atoms with E-state index in [0.29, 0.717) is 18.7 Å². The summed E-state index contributed by atoms with van der Waals surface area (Å²) in [4.78, 5) is 12.6. The van der Waals surface area contributed by atoms with E-state index in [-0.39, 0.29) is 6.42 Å². The summed E-state index contributed by atoms with van der Waals surface area (Å²) in [7, 11) is 3.78. The van der Waals surface area contributed by atoms with Crippen LogP contribution in [0.3, 0.4) is 0 Å². The van der Waals surface area contributed by atoms with Gasteiger partial charge in [0.1, 0.15) is 0 Å². The molecule has 1 rings (SSSR count). The Hall–Kier alpha value is -0.610. The van der Waals surface area contributed by atoms with Gasteiger partial charge in [-0.1, -0.05) is 0 Å². The van der Waals surface area contributed by atoms with Gasteiger partial charge >= 0.3 is 5.97 Å². The van der Waals surface area contributed by atoms with Gasteiger partial charge in [0.2, 0.25) is 0 Å². The first-order valence-corrected chi connectivity index (χ1v) is 5.58. The van der Waals surface area contributed by atoms with Gasteiger partial charge in [0.25, 0.3) is 0 Å². The second-order valence-corrected chi connectivity index (χ2v) is 4.29. The van der Waals surface area contributed by atoms with E-state index in [0.717, 1.165) is 25.7 Å². The Balaban J connectivity index is 2.23. The van der Waals surface area contributed by atoms with E-state index in [9.17, 15) is 4.79 Å². The number of aliphatic carboxylic acids is 1. The average Bonchev–Trinajstić information content (AvgIpc) is 2.26. The highest BCUT2D eigenvalue weighted by molar-refractivity contribution is 5.66. The minimum atomic E-state index is -0.715. The summed E-state index contributed by atoms with van der Waals surface area (Å²) >= 11 is 0. The molecular formula is C11H21NO3. The number of rotatable bonds is 5. The predicted octanol–water partition coefficient (Wildman–Crippen LogP) is 1.35. The zero-order valence-corrected chi connectivity index (χ0v) is 9.61. The molecule has 4 nitrogen and oxygen atoms in total. The Morgan fingerprint density at radius 2 is 2.00 bits per heavy atom. The molecule has 4 heteroatoms. The van der Waals surface area contributed by atoms with Crippen LogP contribution in [0.25, 0.3) is 0 Å². The van der Waals surface area contributed by atoms with Gasteiger partial charge in [0.05, 0.1) is 12.5 Å². The molecule has 0 aromatic carbocycles. The van der Waals surface area contributed by atoms with Crippen LogP contribution in [0.5, 0.6) is 0 Å². The van der Waals surface area contributed by atoms with Crippen molar-refractivity contribution in [2.75, 3.05) is 20.7 Å². The Kier molecular flexibility index (Phi) is 5.05. The van der Waals surface area contributed by atoms with E-state index in [1.54, 1.807) is 7.11 Å². The van der Waals surface area contributed by atoms with E-state index in [2.05, 4.69) is 4.90 Å². The summed E-state index contributed by atoms with van der Waals surface area (Å²) in [6, 6.07) is 0.538. The van der Waals surface area contributed by atoms with Crippen LogP contribution in [0.4, 0.5) is 0 Å². The van der Waals surface area contributed by atoms with Crippen LogP contribution in [0.2, 0.25) is 0 Å². The Morgan fingerprint density at radius 3 is 2.47 bits per heavy atom. The highest BCUT2D eigenvalue weighted by Gasteiger charge is 2.23. The largest absolute Gasteiger partial charge is 0.481 e. The minimum absolute atomic E-state index is 0.237. The highest BCUT2D eigenvalue weighted by atomic mass is 16.5. The molecule has 0 heterocycles. The molecular weight excluding hydrogens is 194 g/mol. The van der Waals surface area contributed by atoms with E-state index in [4.69, 9.17) is 9.84 Å². The molecule has 1 fully saturated rings. The topological polar surface area (TPSA) is 49.8 Å². The van der Waals surface area contributed by atoms with Gasteiger partial charge in [-0.15, -0.1) is 0 Å². The molecule has 1 saturated carbocycles. The van der Waals surface area contributed by atoms with Gasteiger partial charge in [-0.2, -0.15) is 0 Å². The Bertz CT molecular complexity index is 200. The molecule has 0 radical (unpaired) electrons. The lowest BCUT2D eigenvalue weighted by Gasteiger charge is -2.33. The number of carboxylic acid groups (broad SMARTS) is 1. The number of hydrogen-bond donors (Lipinski definition) is 1. The molecule has 0 unspecified atom stereocenters. The van der Waals surface area contributed by atoms with Gasteiger partial charge in [-0.3, -0.25) is 4.79 Å². The molecule has 1 aliphatic rings. The van der Waals surface area contributed by atoms with Crippen LogP contribution in [0, 0.1) is 0 Å². The molecule has 0 bridgehead atoms. The number of carboxylic acids is 1. The van der Waals surface area contributed by atoms with Gasteiger partial charge in [0, 0.05) is 19.7 Å². The fourth-order valence-corrected chi connectivity index (χ4v) is 2.18. The fourth-order valence-electron chi connectivity index (χ4n) is 2.18. The van der Waals surface area contributed by atoms with Crippen LogP contribution >= 0.6 is 0 Å². The Morgan fingerprint density at radius 1 is 1.40 bits per heavy atom. The van der Waals surface area contributed by atoms with Gasteiger partial charge in [0.15, 0.2) is 0 Å². The maximum absolute atomic E-state index is 10.4. The van der Waals surface area contributed by atoms with Gasteiger partial charge in [-0.05, 0) is 32.7 Å². The molecule has 0 amide bonds. The van der Waals surface area contributed by atoms with Crippen LogP contribution < -0.4 is 0 Å². The first kappa shape index (κ1) is 12.5. The van der Waals surface area contributed by atoms with Crippen molar-refractivity contribution in [3.05, 3.63) is 0 Å². The zero-order valence-electron chi connectivity index (χ0n) is 9.61. The molecule has 1 aliphatic carbocycles. The normalized spacial score (nSPS) is 26.9. The molecule has 0 aromatic heterocycles. The maximum Gasteiger partial charge on any atom is 0.304 e. The quantitative estimate of drug-likeness (QED) is 0.752. The maximum atomic E-state index is 10.4. The predicted molar refractivity (Wildman–Crippen MR) is 57.9 cm³/mol. The fraction of sp³-hybridized carbons (Fsp3) is 0.909. The van der Waals surface area contributed by atoms with Gasteiger partial charge in [-0.25, -0.2) is 0 Å². The highest BCUT2D eigenvalue weighted by Crippen LogP contribution is 2.23. The summed E-state index contributed by atoms with van der Waals surface area (Å²) in [5, 5.41) is 8.59. The zero-order chi connectivity index (χ0) is 11.3. The van der Waals surface area contributed by atoms with Crippen molar-refractivity contribution in [2.24, 2.45) is 0 Å². The Labute approximate surface area is 91.2 Å². The van der Waals surface area contributed by atoms with Crippen LogP contribution in [-0.4, -0.2) is 48.8 Å². The van der Waals surface area contributed by atoms with Crippen molar-refractivity contribution in [1.82, 2.24) is 4.90 Å². The average molecular weight is 215 g/mol. The van der Waals surface area contributed by atoms with Crippen LogP contribution in [0.15, 0.2) is 0 Å². The smallest absolute Gasteiger partial charge is 0.304 e. The lowest BCUT2D eigenvalue weighted by molar-refractivity contribution is -0.137. The van der Waals surface area contributed by atoms with Crippen molar-refractivity contribution >= 4 is 5.97 Å². The molecule has 0 aromatic rings. The molecule has 15 heavy (non-hydrogen) atoms. The summed E-state index contributed by atoms with van der Waals surface area (Å²) in [5.41, 5.74) is 0. The SMILES string of the molecule is COC1CCC(N(C)CCC(=O)O)CC1. The van der Waals surface area contributed by atoms with E-state index < -0.39 is 5.97 Å². The number of methoxy groups -OCH3 is 1. The number of carbonyl (C=O) groups is 1. The second kappa shape index (κ2) is 6.08. The second-order valence-electron chi connectivity index (χ2n) is 4.29. The van der Waals surface area contributed by atoms with E-state index in [1.807, 2.05) is 7.05 Å². The van der Waals surface area contributed by atoms with E-state index >= 15 is 0 Å². The standard InChI is InChI=1S/C11H21NO3/c1-12(8-7-11(13)14)9-3-5-10(15-2)6-4-9/h9-10H,3-8H2,1-2H3,(H,13,14). The molecule has 0 saturated heterocycles. The van der Waals surface area contributed by atoms with Gasteiger partial charge < -0.3 is 14.7 Å². The third-order valence-electron chi connectivity index (χ3n) is 3.28. The van der Waals surface area contributed by atoms with E-state index in [1.165, 1.54) is 0 Å². The number of nitrogens with zero attached hydrogens (tertiary/aromatic N) is 1. The third-order valence-corrected chi connectivity index (χ3v) is 3.28.